The zero-order chi connectivity index (χ0) is 10.6. The van der Waals surface area contributed by atoms with Crippen LogP contribution in [0.1, 0.15) is 13.3 Å². The molecule has 0 radical (unpaired) electrons. The Kier molecular flexibility index (Phi) is 3.88. The quantitative estimate of drug-likeness (QED) is 0.650. The molecule has 1 saturated heterocycles. The number of hydrogen-bond donors (Lipinski definition) is 1. The van der Waals surface area contributed by atoms with Gasteiger partial charge in [0.05, 0.1) is 13.2 Å². The molecule has 0 saturated carbocycles. The highest BCUT2D eigenvalue weighted by Crippen LogP contribution is 2.09. The van der Waals surface area contributed by atoms with Crippen molar-refractivity contribution in [2.24, 2.45) is 5.92 Å². The zero-order valence-electron chi connectivity index (χ0n) is 8.23. The maximum absolute atomic E-state index is 11.7. The van der Waals surface area contributed by atoms with Gasteiger partial charge < -0.3 is 14.7 Å². The SMILES string of the molecule is CCC(C(=O)O)C(=O)N1CCOCC1. The number of ether oxygens (including phenoxy) is 1. The molecule has 1 heterocycles. The number of morpholine rings is 1. The maximum Gasteiger partial charge on any atom is 0.316 e. The van der Waals surface area contributed by atoms with Gasteiger partial charge in [-0.2, -0.15) is 0 Å². The lowest BCUT2D eigenvalue weighted by atomic mass is 10.1. The van der Waals surface area contributed by atoms with E-state index in [9.17, 15) is 9.59 Å². The molecule has 1 unspecified atom stereocenters. The molecule has 0 aromatic rings. The molecule has 1 rings (SSSR count). The van der Waals surface area contributed by atoms with Crippen LogP contribution in [0.5, 0.6) is 0 Å². The average molecular weight is 201 g/mol. The monoisotopic (exact) mass is 201 g/mol. The van der Waals surface area contributed by atoms with Gasteiger partial charge in [0.1, 0.15) is 5.92 Å². The summed E-state index contributed by atoms with van der Waals surface area (Å²) in [5.41, 5.74) is 0. The Bertz CT molecular complexity index is 223. The minimum Gasteiger partial charge on any atom is -0.481 e. The van der Waals surface area contributed by atoms with E-state index in [4.69, 9.17) is 9.84 Å². The summed E-state index contributed by atoms with van der Waals surface area (Å²) in [5.74, 6) is -2.22. The Morgan fingerprint density at radius 1 is 1.43 bits per heavy atom. The van der Waals surface area contributed by atoms with Crippen LogP contribution in [0.25, 0.3) is 0 Å². The van der Waals surface area contributed by atoms with Crippen LogP contribution in [0.3, 0.4) is 0 Å². The molecule has 14 heavy (non-hydrogen) atoms. The third-order valence-electron chi connectivity index (χ3n) is 2.33. The lowest BCUT2D eigenvalue weighted by Crippen LogP contribution is -2.45. The fraction of sp³-hybridized carbons (Fsp3) is 0.778. The van der Waals surface area contributed by atoms with E-state index in [1.165, 1.54) is 0 Å². The van der Waals surface area contributed by atoms with Crippen molar-refractivity contribution >= 4 is 11.9 Å². The topological polar surface area (TPSA) is 66.8 Å². The van der Waals surface area contributed by atoms with Gasteiger partial charge in [-0.05, 0) is 6.42 Å². The van der Waals surface area contributed by atoms with Gasteiger partial charge in [0.15, 0.2) is 0 Å². The Morgan fingerprint density at radius 2 is 2.00 bits per heavy atom. The summed E-state index contributed by atoms with van der Waals surface area (Å²) >= 11 is 0. The van der Waals surface area contributed by atoms with Crippen molar-refractivity contribution in [3.63, 3.8) is 0 Å². The Labute approximate surface area is 82.6 Å². The van der Waals surface area contributed by atoms with E-state index in [-0.39, 0.29) is 5.91 Å². The summed E-state index contributed by atoms with van der Waals surface area (Å²) in [6.45, 7) is 3.71. The van der Waals surface area contributed by atoms with Gasteiger partial charge in [0, 0.05) is 13.1 Å². The van der Waals surface area contributed by atoms with Crippen LogP contribution in [0, 0.1) is 5.92 Å². The zero-order valence-corrected chi connectivity index (χ0v) is 8.23. The first-order valence-corrected chi connectivity index (χ1v) is 4.76. The number of aliphatic carboxylic acids is 1. The predicted molar refractivity (Wildman–Crippen MR) is 48.8 cm³/mol. The van der Waals surface area contributed by atoms with Crippen LogP contribution < -0.4 is 0 Å². The third-order valence-corrected chi connectivity index (χ3v) is 2.33. The fourth-order valence-corrected chi connectivity index (χ4v) is 1.46. The molecule has 1 aliphatic heterocycles. The summed E-state index contributed by atoms with van der Waals surface area (Å²) in [5, 5.41) is 8.80. The van der Waals surface area contributed by atoms with Crippen molar-refractivity contribution in [1.29, 1.82) is 0 Å². The van der Waals surface area contributed by atoms with E-state index in [2.05, 4.69) is 0 Å². The molecular weight excluding hydrogens is 186 g/mol. The maximum atomic E-state index is 11.7. The molecule has 1 atom stereocenters. The van der Waals surface area contributed by atoms with Crippen molar-refractivity contribution < 1.29 is 19.4 Å². The summed E-state index contributed by atoms with van der Waals surface area (Å²) in [6.07, 6.45) is 0.339. The van der Waals surface area contributed by atoms with E-state index in [0.29, 0.717) is 32.7 Å². The van der Waals surface area contributed by atoms with Crippen molar-refractivity contribution in [1.82, 2.24) is 4.90 Å². The van der Waals surface area contributed by atoms with Crippen molar-refractivity contribution in [2.75, 3.05) is 26.3 Å². The number of hydrogen-bond acceptors (Lipinski definition) is 3. The molecular formula is C9H15NO4. The van der Waals surface area contributed by atoms with Gasteiger partial charge in [-0.15, -0.1) is 0 Å². The summed E-state index contributed by atoms with van der Waals surface area (Å²) in [4.78, 5) is 24.0. The largest absolute Gasteiger partial charge is 0.481 e. The second-order valence-corrected chi connectivity index (χ2v) is 3.24. The van der Waals surface area contributed by atoms with Gasteiger partial charge in [-0.25, -0.2) is 0 Å². The summed E-state index contributed by atoms with van der Waals surface area (Å²) in [7, 11) is 0. The molecule has 80 valence electrons. The highest BCUT2D eigenvalue weighted by atomic mass is 16.5. The Morgan fingerprint density at radius 3 is 2.43 bits per heavy atom. The predicted octanol–water partition coefficient (Wildman–Crippen LogP) is -0.0440. The Hall–Kier alpha value is -1.10. The van der Waals surface area contributed by atoms with Crippen molar-refractivity contribution in [2.45, 2.75) is 13.3 Å². The molecule has 0 bridgehead atoms. The molecule has 0 aromatic carbocycles. The third kappa shape index (κ3) is 2.45. The lowest BCUT2D eigenvalue weighted by Gasteiger charge is -2.28. The first kappa shape index (κ1) is 11.0. The van der Waals surface area contributed by atoms with Gasteiger partial charge in [-0.3, -0.25) is 9.59 Å². The van der Waals surface area contributed by atoms with Crippen LogP contribution in [-0.4, -0.2) is 48.2 Å². The normalized spacial score (nSPS) is 19.1. The van der Waals surface area contributed by atoms with Crippen LogP contribution >= 0.6 is 0 Å². The average Bonchev–Trinajstić information content (AvgIpc) is 2.19. The first-order valence-electron chi connectivity index (χ1n) is 4.76. The van der Waals surface area contributed by atoms with E-state index >= 15 is 0 Å². The van der Waals surface area contributed by atoms with Crippen molar-refractivity contribution in [3.8, 4) is 0 Å². The van der Waals surface area contributed by atoms with Crippen LogP contribution in [0.2, 0.25) is 0 Å². The molecule has 0 aromatic heterocycles. The van der Waals surface area contributed by atoms with Crippen LogP contribution in [0.4, 0.5) is 0 Å². The smallest absolute Gasteiger partial charge is 0.316 e. The van der Waals surface area contributed by atoms with E-state index < -0.39 is 11.9 Å². The molecule has 1 fully saturated rings. The molecule has 1 amide bonds. The molecule has 1 N–H and O–H groups in total. The standard InChI is InChI=1S/C9H15NO4/c1-2-7(9(12)13)8(11)10-3-5-14-6-4-10/h7H,2-6H2,1H3,(H,12,13). The highest BCUT2D eigenvalue weighted by molar-refractivity contribution is 5.96. The number of nitrogens with zero attached hydrogens (tertiary/aromatic N) is 1. The molecule has 5 heteroatoms. The van der Waals surface area contributed by atoms with Crippen LogP contribution in [-0.2, 0) is 14.3 Å². The molecule has 5 nitrogen and oxygen atoms in total. The second kappa shape index (κ2) is 4.95. The minimum absolute atomic E-state index is 0.289. The lowest BCUT2D eigenvalue weighted by molar-refractivity contribution is -0.153. The number of carboxylic acid groups (broad SMARTS) is 1. The number of rotatable bonds is 3. The van der Waals surface area contributed by atoms with E-state index in [1.54, 1.807) is 11.8 Å². The van der Waals surface area contributed by atoms with E-state index in [0.717, 1.165) is 0 Å². The number of carbonyl (C=O) groups is 2. The minimum atomic E-state index is -1.04. The highest BCUT2D eigenvalue weighted by Gasteiger charge is 2.29. The van der Waals surface area contributed by atoms with Gasteiger partial charge >= 0.3 is 5.97 Å². The number of amides is 1. The van der Waals surface area contributed by atoms with Gasteiger partial charge in [0.25, 0.3) is 0 Å². The second-order valence-electron chi connectivity index (χ2n) is 3.24. The van der Waals surface area contributed by atoms with Gasteiger partial charge in [0.2, 0.25) is 5.91 Å². The summed E-state index contributed by atoms with van der Waals surface area (Å²) < 4.78 is 5.08. The first-order chi connectivity index (χ1) is 6.66. The van der Waals surface area contributed by atoms with Gasteiger partial charge in [-0.1, -0.05) is 6.92 Å². The Balaban J connectivity index is 2.56. The fourth-order valence-electron chi connectivity index (χ4n) is 1.46. The molecule has 0 aliphatic carbocycles. The molecule has 1 aliphatic rings. The van der Waals surface area contributed by atoms with Crippen molar-refractivity contribution in [3.05, 3.63) is 0 Å². The molecule has 0 spiro atoms. The van der Waals surface area contributed by atoms with Crippen LogP contribution in [0.15, 0.2) is 0 Å². The number of carboxylic acids is 1. The van der Waals surface area contributed by atoms with E-state index in [1.807, 2.05) is 0 Å². The summed E-state index contributed by atoms with van der Waals surface area (Å²) in [6, 6.07) is 0. The number of carbonyl (C=O) groups excluding carboxylic acids is 1.